The zero-order valence-corrected chi connectivity index (χ0v) is 15.5. The lowest BCUT2D eigenvalue weighted by Gasteiger charge is -2.14. The van der Waals surface area contributed by atoms with Crippen LogP contribution in [0.3, 0.4) is 0 Å². The maximum Gasteiger partial charge on any atom is 0.280 e. The number of hydrazone groups is 1. The summed E-state index contributed by atoms with van der Waals surface area (Å²) in [5.74, 6) is 0.278. The van der Waals surface area contributed by atoms with E-state index in [0.717, 1.165) is 10.8 Å². The fourth-order valence-electron chi connectivity index (χ4n) is 2.42. The first-order valence-electron chi connectivity index (χ1n) is 7.97. The van der Waals surface area contributed by atoms with Crippen LogP contribution in [0.1, 0.15) is 12.5 Å². The van der Waals surface area contributed by atoms with Gasteiger partial charge < -0.3 is 4.74 Å². The number of benzene rings is 3. The lowest BCUT2D eigenvalue weighted by molar-refractivity contribution is -0.127. The van der Waals surface area contributed by atoms with Crippen molar-refractivity contribution in [2.75, 3.05) is 0 Å². The Labute approximate surface area is 161 Å². The van der Waals surface area contributed by atoms with Gasteiger partial charge in [-0.1, -0.05) is 71.7 Å². The van der Waals surface area contributed by atoms with E-state index in [1.54, 1.807) is 25.1 Å². The Balaban J connectivity index is 1.66. The number of ether oxygens (including phenoxy) is 1. The van der Waals surface area contributed by atoms with E-state index in [0.29, 0.717) is 21.4 Å². The summed E-state index contributed by atoms with van der Waals surface area (Å²) < 4.78 is 5.80. The van der Waals surface area contributed by atoms with Gasteiger partial charge in [-0.05, 0) is 24.4 Å². The predicted molar refractivity (Wildman–Crippen MR) is 106 cm³/mol. The summed E-state index contributed by atoms with van der Waals surface area (Å²) in [6.45, 7) is 1.67. The molecule has 3 aromatic carbocycles. The Morgan fingerprint density at radius 2 is 1.81 bits per heavy atom. The zero-order valence-electron chi connectivity index (χ0n) is 13.9. The van der Waals surface area contributed by atoms with E-state index in [4.69, 9.17) is 27.9 Å². The Morgan fingerprint density at radius 1 is 1.08 bits per heavy atom. The lowest BCUT2D eigenvalue weighted by Crippen LogP contribution is -2.33. The molecule has 0 saturated carbocycles. The van der Waals surface area contributed by atoms with E-state index in [1.807, 2.05) is 42.5 Å². The van der Waals surface area contributed by atoms with Crippen molar-refractivity contribution in [2.45, 2.75) is 13.0 Å². The Morgan fingerprint density at radius 3 is 2.65 bits per heavy atom. The van der Waals surface area contributed by atoms with Crippen LogP contribution in [0.2, 0.25) is 10.0 Å². The second-order valence-corrected chi connectivity index (χ2v) is 6.40. The summed E-state index contributed by atoms with van der Waals surface area (Å²) in [5, 5.41) is 6.72. The number of carbonyl (C=O) groups excluding carboxylic acids is 1. The van der Waals surface area contributed by atoms with Crippen LogP contribution in [0.4, 0.5) is 0 Å². The Kier molecular flexibility index (Phi) is 5.76. The van der Waals surface area contributed by atoms with Crippen molar-refractivity contribution in [3.63, 3.8) is 0 Å². The minimum Gasteiger partial charge on any atom is -0.480 e. The third kappa shape index (κ3) is 4.15. The molecule has 1 atom stereocenters. The van der Waals surface area contributed by atoms with Crippen molar-refractivity contribution < 1.29 is 9.53 Å². The minimum absolute atomic E-state index is 0.368. The topological polar surface area (TPSA) is 50.7 Å². The molecular formula is C20H16Cl2N2O2. The maximum absolute atomic E-state index is 12.2. The highest BCUT2D eigenvalue weighted by Gasteiger charge is 2.15. The summed E-state index contributed by atoms with van der Waals surface area (Å²) in [6.07, 6.45) is 0.726. The molecule has 0 aliphatic heterocycles. The number of nitrogens with zero attached hydrogens (tertiary/aromatic N) is 1. The summed E-state index contributed by atoms with van der Waals surface area (Å²) >= 11 is 12.0. The SMILES string of the molecule is C[C@H](Oc1cccc2ccccc12)C(=O)NN=Cc1cccc(Cl)c1Cl. The first-order chi connectivity index (χ1) is 12.6. The van der Waals surface area contributed by atoms with Gasteiger partial charge in [0.25, 0.3) is 5.91 Å². The molecule has 0 aromatic heterocycles. The summed E-state index contributed by atoms with van der Waals surface area (Å²) in [7, 11) is 0. The van der Waals surface area contributed by atoms with Gasteiger partial charge in [-0.2, -0.15) is 5.10 Å². The standard InChI is InChI=1S/C20H16Cl2N2O2/c1-13(26-18-11-5-7-14-6-2-3-9-16(14)18)20(25)24-23-12-15-8-4-10-17(21)19(15)22/h2-13H,1H3,(H,24,25)/t13-/m0/s1. The van der Waals surface area contributed by atoms with E-state index < -0.39 is 6.10 Å². The molecule has 0 heterocycles. The van der Waals surface area contributed by atoms with Gasteiger partial charge in [-0.25, -0.2) is 5.43 Å². The van der Waals surface area contributed by atoms with Gasteiger partial charge in [0.2, 0.25) is 0 Å². The molecule has 0 spiro atoms. The molecule has 132 valence electrons. The monoisotopic (exact) mass is 386 g/mol. The molecule has 26 heavy (non-hydrogen) atoms. The lowest BCUT2D eigenvalue weighted by atomic mass is 10.1. The van der Waals surface area contributed by atoms with Crippen LogP contribution >= 0.6 is 23.2 Å². The van der Waals surface area contributed by atoms with Gasteiger partial charge in [0, 0.05) is 10.9 Å². The van der Waals surface area contributed by atoms with Crippen molar-refractivity contribution in [3.8, 4) is 5.75 Å². The van der Waals surface area contributed by atoms with Gasteiger partial charge in [0.05, 0.1) is 16.3 Å². The summed E-state index contributed by atoms with van der Waals surface area (Å²) in [5.41, 5.74) is 3.06. The van der Waals surface area contributed by atoms with E-state index >= 15 is 0 Å². The third-order valence-corrected chi connectivity index (χ3v) is 4.62. The van der Waals surface area contributed by atoms with Crippen LogP contribution in [0.5, 0.6) is 5.75 Å². The highest BCUT2D eigenvalue weighted by Crippen LogP contribution is 2.26. The molecule has 1 N–H and O–H groups in total. The molecule has 3 aromatic rings. The van der Waals surface area contributed by atoms with Crippen molar-refractivity contribution in [3.05, 3.63) is 76.3 Å². The molecule has 3 rings (SSSR count). The number of rotatable bonds is 5. The average molecular weight is 387 g/mol. The number of hydrogen-bond acceptors (Lipinski definition) is 3. The van der Waals surface area contributed by atoms with Gasteiger partial charge >= 0.3 is 0 Å². The number of carbonyl (C=O) groups is 1. The molecule has 6 heteroatoms. The molecule has 0 bridgehead atoms. The van der Waals surface area contributed by atoms with Gasteiger partial charge in [-0.3, -0.25) is 4.79 Å². The fourth-order valence-corrected chi connectivity index (χ4v) is 2.78. The first kappa shape index (κ1) is 18.2. The van der Waals surface area contributed by atoms with Crippen LogP contribution in [-0.2, 0) is 4.79 Å². The summed E-state index contributed by atoms with van der Waals surface area (Å²) in [6, 6.07) is 18.7. The number of amides is 1. The molecule has 0 aliphatic rings. The van der Waals surface area contributed by atoms with E-state index in [1.165, 1.54) is 6.21 Å². The Hall–Kier alpha value is -2.56. The highest BCUT2D eigenvalue weighted by atomic mass is 35.5. The second kappa shape index (κ2) is 8.21. The molecular weight excluding hydrogens is 371 g/mol. The van der Waals surface area contributed by atoms with E-state index in [2.05, 4.69) is 10.5 Å². The smallest absolute Gasteiger partial charge is 0.280 e. The van der Waals surface area contributed by atoms with Crippen LogP contribution in [0, 0.1) is 0 Å². The molecule has 0 radical (unpaired) electrons. The molecule has 4 nitrogen and oxygen atoms in total. The van der Waals surface area contributed by atoms with Crippen LogP contribution in [0.25, 0.3) is 10.8 Å². The zero-order chi connectivity index (χ0) is 18.5. The van der Waals surface area contributed by atoms with Crippen LogP contribution in [0.15, 0.2) is 65.8 Å². The Bertz CT molecular complexity index is 968. The minimum atomic E-state index is -0.715. The van der Waals surface area contributed by atoms with Crippen LogP contribution in [-0.4, -0.2) is 18.2 Å². The molecule has 0 saturated heterocycles. The van der Waals surface area contributed by atoms with Gasteiger partial charge in [-0.15, -0.1) is 0 Å². The van der Waals surface area contributed by atoms with Crippen molar-refractivity contribution in [1.29, 1.82) is 0 Å². The van der Waals surface area contributed by atoms with Crippen LogP contribution < -0.4 is 10.2 Å². The molecule has 0 fully saturated rings. The van der Waals surface area contributed by atoms with Crippen molar-refractivity contribution in [2.24, 2.45) is 5.10 Å². The predicted octanol–water partition coefficient (Wildman–Crippen LogP) is 5.06. The maximum atomic E-state index is 12.2. The van der Waals surface area contributed by atoms with E-state index in [-0.39, 0.29) is 5.91 Å². The van der Waals surface area contributed by atoms with E-state index in [9.17, 15) is 4.79 Å². The number of nitrogens with one attached hydrogen (secondary N) is 1. The number of fused-ring (bicyclic) bond motifs is 1. The number of halogens is 2. The third-order valence-electron chi connectivity index (χ3n) is 3.78. The fraction of sp³-hybridized carbons (Fsp3) is 0.100. The highest BCUT2D eigenvalue weighted by molar-refractivity contribution is 6.43. The first-order valence-corrected chi connectivity index (χ1v) is 8.73. The molecule has 0 unspecified atom stereocenters. The van der Waals surface area contributed by atoms with Crippen molar-refractivity contribution >= 4 is 46.1 Å². The molecule has 0 aliphatic carbocycles. The molecule has 1 amide bonds. The normalized spacial score (nSPS) is 12.3. The van der Waals surface area contributed by atoms with Crippen molar-refractivity contribution in [1.82, 2.24) is 5.43 Å². The number of hydrogen-bond donors (Lipinski definition) is 1. The van der Waals surface area contributed by atoms with Gasteiger partial charge in [0.15, 0.2) is 6.10 Å². The second-order valence-electron chi connectivity index (χ2n) is 5.61. The largest absolute Gasteiger partial charge is 0.480 e. The quantitative estimate of drug-likeness (QED) is 0.491. The average Bonchev–Trinajstić information content (AvgIpc) is 2.65. The summed E-state index contributed by atoms with van der Waals surface area (Å²) in [4.78, 5) is 12.2. The van der Waals surface area contributed by atoms with Gasteiger partial charge in [0.1, 0.15) is 5.75 Å².